The van der Waals surface area contributed by atoms with Crippen molar-refractivity contribution in [2.45, 2.75) is 38.8 Å². The number of amides is 1. The van der Waals surface area contributed by atoms with E-state index in [4.69, 9.17) is 10.8 Å². The quantitative estimate of drug-likeness (QED) is 0.698. The zero-order valence-electron chi connectivity index (χ0n) is 11.9. The molecule has 0 fully saturated rings. The number of aliphatic carboxylic acids is 1. The summed E-state index contributed by atoms with van der Waals surface area (Å²) >= 11 is 0. The van der Waals surface area contributed by atoms with Crippen LogP contribution < -0.4 is 11.1 Å². The van der Waals surface area contributed by atoms with E-state index in [1.54, 1.807) is 0 Å². The minimum Gasteiger partial charge on any atom is -0.480 e. The Hall–Kier alpha value is -1.88. The zero-order chi connectivity index (χ0) is 15.1. The number of hydrogen-bond acceptors (Lipinski definition) is 3. The molecule has 1 amide bonds. The first-order chi connectivity index (χ1) is 9.40. The molecule has 1 aromatic rings. The first-order valence-corrected chi connectivity index (χ1v) is 6.72. The lowest BCUT2D eigenvalue weighted by Crippen LogP contribution is -2.49. The van der Waals surface area contributed by atoms with Crippen LogP contribution in [0.3, 0.4) is 0 Å². The van der Waals surface area contributed by atoms with Gasteiger partial charge < -0.3 is 16.2 Å². The highest BCUT2D eigenvalue weighted by Gasteiger charge is 2.24. The third kappa shape index (κ3) is 5.40. The number of nitrogens with two attached hydrogens (primary N) is 1. The SMILES string of the molecule is CC(C)C[C@@H](NC(=O)[C@H](N)Cc1ccccc1)C(=O)O. The highest BCUT2D eigenvalue weighted by atomic mass is 16.4. The summed E-state index contributed by atoms with van der Waals surface area (Å²) in [6.07, 6.45) is 0.778. The van der Waals surface area contributed by atoms with Gasteiger partial charge in [-0.3, -0.25) is 4.79 Å². The molecule has 0 aliphatic rings. The van der Waals surface area contributed by atoms with Gasteiger partial charge in [-0.05, 0) is 24.3 Å². The van der Waals surface area contributed by atoms with E-state index in [-0.39, 0.29) is 5.92 Å². The van der Waals surface area contributed by atoms with E-state index in [9.17, 15) is 9.59 Å². The molecule has 20 heavy (non-hydrogen) atoms. The largest absolute Gasteiger partial charge is 0.480 e. The van der Waals surface area contributed by atoms with Gasteiger partial charge in [0.2, 0.25) is 5.91 Å². The Labute approximate surface area is 119 Å². The third-order valence-corrected chi connectivity index (χ3v) is 2.96. The van der Waals surface area contributed by atoms with E-state index in [0.29, 0.717) is 12.8 Å². The van der Waals surface area contributed by atoms with Crippen molar-refractivity contribution in [2.75, 3.05) is 0 Å². The molecule has 110 valence electrons. The summed E-state index contributed by atoms with van der Waals surface area (Å²) in [4.78, 5) is 23.0. The molecule has 5 nitrogen and oxygen atoms in total. The zero-order valence-corrected chi connectivity index (χ0v) is 11.9. The Bertz CT molecular complexity index is 446. The van der Waals surface area contributed by atoms with Crippen LogP contribution >= 0.6 is 0 Å². The van der Waals surface area contributed by atoms with Gasteiger partial charge in [0.1, 0.15) is 6.04 Å². The minimum absolute atomic E-state index is 0.182. The average Bonchev–Trinajstić information content (AvgIpc) is 2.38. The van der Waals surface area contributed by atoms with Crippen molar-refractivity contribution < 1.29 is 14.7 Å². The maximum Gasteiger partial charge on any atom is 0.326 e. The number of carboxylic acids is 1. The maximum absolute atomic E-state index is 11.9. The molecule has 0 aromatic heterocycles. The number of rotatable bonds is 7. The molecule has 4 N–H and O–H groups in total. The highest BCUT2D eigenvalue weighted by Crippen LogP contribution is 2.06. The van der Waals surface area contributed by atoms with E-state index in [1.165, 1.54) is 0 Å². The second-order valence-electron chi connectivity index (χ2n) is 5.33. The number of carbonyl (C=O) groups excluding carboxylic acids is 1. The van der Waals surface area contributed by atoms with Crippen LogP contribution in [0.25, 0.3) is 0 Å². The Morgan fingerprint density at radius 3 is 2.35 bits per heavy atom. The minimum atomic E-state index is -1.03. The molecular weight excluding hydrogens is 256 g/mol. The summed E-state index contributed by atoms with van der Waals surface area (Å²) in [7, 11) is 0. The van der Waals surface area contributed by atoms with Crippen LogP contribution in [0, 0.1) is 5.92 Å². The van der Waals surface area contributed by atoms with Crippen molar-refractivity contribution in [1.82, 2.24) is 5.32 Å². The fourth-order valence-corrected chi connectivity index (χ4v) is 1.93. The molecule has 0 radical (unpaired) electrons. The van der Waals surface area contributed by atoms with Crippen molar-refractivity contribution in [3.63, 3.8) is 0 Å². The van der Waals surface area contributed by atoms with E-state index in [2.05, 4.69) is 5.32 Å². The fraction of sp³-hybridized carbons (Fsp3) is 0.467. The van der Waals surface area contributed by atoms with Crippen molar-refractivity contribution >= 4 is 11.9 Å². The van der Waals surface area contributed by atoms with Gasteiger partial charge in [-0.1, -0.05) is 44.2 Å². The Morgan fingerprint density at radius 2 is 1.85 bits per heavy atom. The molecular formula is C15H22N2O3. The molecule has 0 unspecified atom stereocenters. The summed E-state index contributed by atoms with van der Waals surface area (Å²) in [6, 6.07) is 7.78. The van der Waals surface area contributed by atoms with Gasteiger partial charge in [0.15, 0.2) is 0 Å². The van der Waals surface area contributed by atoms with Crippen LogP contribution in [0.5, 0.6) is 0 Å². The Morgan fingerprint density at radius 1 is 1.25 bits per heavy atom. The number of benzene rings is 1. The van der Waals surface area contributed by atoms with E-state index >= 15 is 0 Å². The van der Waals surface area contributed by atoms with Crippen molar-refractivity contribution in [1.29, 1.82) is 0 Å². The van der Waals surface area contributed by atoms with Crippen LogP contribution in [-0.2, 0) is 16.0 Å². The Balaban J connectivity index is 2.57. The standard InChI is InChI=1S/C15H22N2O3/c1-10(2)8-13(15(19)20)17-14(18)12(16)9-11-6-4-3-5-7-11/h3-7,10,12-13H,8-9,16H2,1-2H3,(H,17,18)(H,19,20)/t12-,13-/m1/s1. The molecule has 0 spiro atoms. The van der Waals surface area contributed by atoms with Crippen LogP contribution in [0.2, 0.25) is 0 Å². The molecule has 0 saturated carbocycles. The highest BCUT2D eigenvalue weighted by molar-refractivity contribution is 5.86. The first-order valence-electron chi connectivity index (χ1n) is 6.72. The number of hydrogen-bond donors (Lipinski definition) is 3. The summed E-state index contributed by atoms with van der Waals surface area (Å²) in [5, 5.41) is 11.6. The summed E-state index contributed by atoms with van der Waals surface area (Å²) in [6.45, 7) is 3.82. The van der Waals surface area contributed by atoms with Gasteiger partial charge >= 0.3 is 5.97 Å². The molecule has 0 aliphatic carbocycles. The van der Waals surface area contributed by atoms with Gasteiger partial charge in [0, 0.05) is 0 Å². The van der Waals surface area contributed by atoms with E-state index in [0.717, 1.165) is 5.56 Å². The predicted molar refractivity (Wildman–Crippen MR) is 77.1 cm³/mol. The van der Waals surface area contributed by atoms with Gasteiger partial charge in [-0.25, -0.2) is 4.79 Å². The molecule has 0 aliphatic heterocycles. The van der Waals surface area contributed by atoms with Gasteiger partial charge in [0.05, 0.1) is 6.04 Å². The lowest BCUT2D eigenvalue weighted by Gasteiger charge is -2.19. The normalized spacial score (nSPS) is 13.8. The predicted octanol–water partition coefficient (Wildman–Crippen LogP) is 1.17. The van der Waals surface area contributed by atoms with Gasteiger partial charge in [0.25, 0.3) is 0 Å². The van der Waals surface area contributed by atoms with Gasteiger partial charge in [-0.2, -0.15) is 0 Å². The number of carbonyl (C=O) groups is 2. The van der Waals surface area contributed by atoms with E-state index < -0.39 is 24.0 Å². The van der Waals surface area contributed by atoms with Crippen LogP contribution in [0.1, 0.15) is 25.8 Å². The summed E-state index contributed by atoms with van der Waals surface area (Å²) in [5.41, 5.74) is 6.77. The topological polar surface area (TPSA) is 92.4 Å². The number of nitrogens with one attached hydrogen (secondary N) is 1. The molecule has 0 bridgehead atoms. The molecule has 1 rings (SSSR count). The van der Waals surface area contributed by atoms with Gasteiger partial charge in [-0.15, -0.1) is 0 Å². The fourth-order valence-electron chi connectivity index (χ4n) is 1.93. The maximum atomic E-state index is 11.9. The lowest BCUT2D eigenvalue weighted by molar-refractivity contribution is -0.142. The van der Waals surface area contributed by atoms with Crippen molar-refractivity contribution in [3.05, 3.63) is 35.9 Å². The summed E-state index contributed by atoms with van der Waals surface area (Å²) in [5.74, 6) is -1.28. The molecule has 5 heteroatoms. The molecule has 1 aromatic carbocycles. The van der Waals surface area contributed by atoms with E-state index in [1.807, 2.05) is 44.2 Å². The molecule has 0 saturated heterocycles. The van der Waals surface area contributed by atoms with Crippen LogP contribution in [-0.4, -0.2) is 29.1 Å². The second kappa shape index (κ2) is 7.65. The smallest absolute Gasteiger partial charge is 0.326 e. The monoisotopic (exact) mass is 278 g/mol. The van der Waals surface area contributed by atoms with Crippen molar-refractivity contribution in [2.24, 2.45) is 11.7 Å². The van der Waals surface area contributed by atoms with Crippen molar-refractivity contribution in [3.8, 4) is 0 Å². The second-order valence-corrected chi connectivity index (χ2v) is 5.33. The molecule has 0 heterocycles. The third-order valence-electron chi connectivity index (χ3n) is 2.96. The average molecular weight is 278 g/mol. The summed E-state index contributed by atoms with van der Waals surface area (Å²) < 4.78 is 0. The van der Waals surface area contributed by atoms with Crippen LogP contribution in [0.15, 0.2) is 30.3 Å². The van der Waals surface area contributed by atoms with Crippen LogP contribution in [0.4, 0.5) is 0 Å². The lowest BCUT2D eigenvalue weighted by atomic mass is 10.0. The number of carboxylic acid groups (broad SMARTS) is 1. The Kier molecular flexibility index (Phi) is 6.18. The first kappa shape index (κ1) is 16.2. The molecule has 2 atom stereocenters.